The Morgan fingerprint density at radius 1 is 1.58 bits per heavy atom. The van der Waals surface area contributed by atoms with Gasteiger partial charge in [-0.2, -0.15) is 0 Å². The molecular formula is C10H12O2. The lowest BCUT2D eigenvalue weighted by Crippen LogP contribution is -2.24. The highest BCUT2D eigenvalue weighted by atomic mass is 16.3. The first kappa shape index (κ1) is 6.72. The number of rotatable bonds is 1. The molecule has 2 aliphatic carbocycles. The van der Waals surface area contributed by atoms with Crippen LogP contribution in [0.25, 0.3) is 0 Å². The van der Waals surface area contributed by atoms with Gasteiger partial charge in [0.2, 0.25) is 0 Å². The first-order valence-corrected chi connectivity index (χ1v) is 4.56. The summed E-state index contributed by atoms with van der Waals surface area (Å²) in [5, 5.41) is 10.3. The van der Waals surface area contributed by atoms with Crippen LogP contribution in [0.5, 0.6) is 0 Å². The van der Waals surface area contributed by atoms with Crippen molar-refractivity contribution in [2.24, 2.45) is 11.8 Å². The summed E-state index contributed by atoms with van der Waals surface area (Å²) in [5.41, 5.74) is 0.435. The highest BCUT2D eigenvalue weighted by molar-refractivity contribution is 5.24. The van der Waals surface area contributed by atoms with E-state index in [-0.39, 0.29) is 0 Å². The van der Waals surface area contributed by atoms with E-state index in [1.54, 1.807) is 12.5 Å². The van der Waals surface area contributed by atoms with E-state index >= 15 is 0 Å². The van der Waals surface area contributed by atoms with E-state index in [2.05, 4.69) is 0 Å². The van der Waals surface area contributed by atoms with Gasteiger partial charge in [-0.15, -0.1) is 0 Å². The maximum Gasteiger partial charge on any atom is 0.0963 e. The van der Waals surface area contributed by atoms with Gasteiger partial charge in [0, 0.05) is 5.56 Å². The van der Waals surface area contributed by atoms with Gasteiger partial charge in [0.25, 0.3) is 0 Å². The van der Waals surface area contributed by atoms with E-state index in [1.165, 1.54) is 12.8 Å². The van der Waals surface area contributed by atoms with Crippen LogP contribution in [-0.2, 0) is 5.60 Å². The van der Waals surface area contributed by atoms with Crippen molar-refractivity contribution in [1.29, 1.82) is 0 Å². The van der Waals surface area contributed by atoms with Gasteiger partial charge >= 0.3 is 0 Å². The molecule has 1 aromatic heterocycles. The van der Waals surface area contributed by atoms with E-state index in [0.717, 1.165) is 17.9 Å². The minimum Gasteiger partial charge on any atom is -0.472 e. The number of fused-ring (bicyclic) bond motifs is 1. The monoisotopic (exact) mass is 164 g/mol. The third-order valence-electron chi connectivity index (χ3n) is 3.45. The SMILES string of the molecule is OC1(c2ccoc2)CCC2CC21. The molecule has 0 saturated heterocycles. The molecule has 0 aliphatic heterocycles. The molecule has 2 fully saturated rings. The Hall–Kier alpha value is -0.760. The maximum absolute atomic E-state index is 10.3. The van der Waals surface area contributed by atoms with Crippen molar-refractivity contribution in [3.05, 3.63) is 24.2 Å². The van der Waals surface area contributed by atoms with Gasteiger partial charge in [0.05, 0.1) is 18.1 Å². The molecular weight excluding hydrogens is 152 g/mol. The van der Waals surface area contributed by atoms with Gasteiger partial charge in [-0.1, -0.05) is 0 Å². The highest BCUT2D eigenvalue weighted by Crippen LogP contribution is 2.61. The van der Waals surface area contributed by atoms with Gasteiger partial charge in [0.15, 0.2) is 0 Å². The summed E-state index contributed by atoms with van der Waals surface area (Å²) in [6, 6.07) is 1.89. The Morgan fingerprint density at radius 2 is 2.50 bits per heavy atom. The number of hydrogen-bond acceptors (Lipinski definition) is 2. The molecule has 2 heteroatoms. The van der Waals surface area contributed by atoms with E-state index in [9.17, 15) is 5.11 Å². The molecule has 12 heavy (non-hydrogen) atoms. The van der Waals surface area contributed by atoms with Crippen LogP contribution in [0.15, 0.2) is 23.0 Å². The predicted octanol–water partition coefficient (Wildman–Crippen LogP) is 1.90. The van der Waals surface area contributed by atoms with Crippen molar-refractivity contribution in [2.45, 2.75) is 24.9 Å². The largest absolute Gasteiger partial charge is 0.472 e. The topological polar surface area (TPSA) is 33.4 Å². The molecule has 2 nitrogen and oxygen atoms in total. The number of hydrogen-bond donors (Lipinski definition) is 1. The lowest BCUT2D eigenvalue weighted by Gasteiger charge is -2.22. The van der Waals surface area contributed by atoms with Gasteiger partial charge < -0.3 is 9.52 Å². The third-order valence-corrected chi connectivity index (χ3v) is 3.45. The van der Waals surface area contributed by atoms with Crippen LogP contribution in [0, 0.1) is 11.8 Å². The summed E-state index contributed by atoms with van der Waals surface area (Å²) in [4.78, 5) is 0. The fourth-order valence-electron chi connectivity index (χ4n) is 2.61. The van der Waals surface area contributed by atoms with Crippen LogP contribution in [0.2, 0.25) is 0 Å². The molecule has 3 atom stereocenters. The fraction of sp³-hybridized carbons (Fsp3) is 0.600. The minimum atomic E-state index is -0.544. The summed E-state index contributed by atoms with van der Waals surface area (Å²) >= 11 is 0. The lowest BCUT2D eigenvalue weighted by atomic mass is 9.91. The number of furan rings is 1. The van der Waals surface area contributed by atoms with Gasteiger partial charge in [-0.05, 0) is 37.2 Å². The Balaban J connectivity index is 2.00. The standard InChI is InChI=1S/C10H12O2/c11-10(8-2-4-12-6-8)3-1-7-5-9(7)10/h2,4,6-7,9,11H,1,3,5H2. The van der Waals surface area contributed by atoms with Crippen molar-refractivity contribution >= 4 is 0 Å². The quantitative estimate of drug-likeness (QED) is 0.687. The zero-order valence-electron chi connectivity index (χ0n) is 6.86. The summed E-state index contributed by atoms with van der Waals surface area (Å²) in [6.07, 6.45) is 6.64. The van der Waals surface area contributed by atoms with Crippen LogP contribution < -0.4 is 0 Å². The summed E-state index contributed by atoms with van der Waals surface area (Å²) < 4.78 is 5.00. The lowest BCUT2D eigenvalue weighted by molar-refractivity contribution is 0.0202. The Labute approximate surface area is 71.2 Å². The van der Waals surface area contributed by atoms with Crippen LogP contribution in [0.1, 0.15) is 24.8 Å². The normalized spacial score (nSPS) is 44.4. The molecule has 2 aliphatic rings. The second-order valence-corrected chi connectivity index (χ2v) is 4.08. The Bertz CT molecular complexity index is 291. The molecule has 0 spiro atoms. The van der Waals surface area contributed by atoms with Gasteiger partial charge in [-0.25, -0.2) is 0 Å². The van der Waals surface area contributed by atoms with Gasteiger partial charge in [0.1, 0.15) is 0 Å². The molecule has 0 amide bonds. The molecule has 0 radical (unpaired) electrons. The highest BCUT2D eigenvalue weighted by Gasteiger charge is 2.58. The van der Waals surface area contributed by atoms with Crippen molar-refractivity contribution in [3.8, 4) is 0 Å². The van der Waals surface area contributed by atoms with Gasteiger partial charge in [-0.3, -0.25) is 0 Å². The third kappa shape index (κ3) is 0.686. The van der Waals surface area contributed by atoms with Crippen molar-refractivity contribution in [3.63, 3.8) is 0 Å². The molecule has 3 rings (SSSR count). The molecule has 1 aromatic rings. The molecule has 3 unspecified atom stereocenters. The smallest absolute Gasteiger partial charge is 0.0963 e. The van der Waals surface area contributed by atoms with Crippen molar-refractivity contribution in [1.82, 2.24) is 0 Å². The second-order valence-electron chi connectivity index (χ2n) is 4.08. The first-order chi connectivity index (χ1) is 5.81. The summed E-state index contributed by atoms with van der Waals surface area (Å²) in [5.74, 6) is 1.32. The van der Waals surface area contributed by atoms with Crippen molar-refractivity contribution < 1.29 is 9.52 Å². The first-order valence-electron chi connectivity index (χ1n) is 4.56. The average Bonchev–Trinajstić information content (AvgIpc) is 2.55. The van der Waals surface area contributed by atoms with E-state index in [1.807, 2.05) is 6.07 Å². The summed E-state index contributed by atoms with van der Waals surface area (Å²) in [7, 11) is 0. The molecule has 64 valence electrons. The van der Waals surface area contributed by atoms with Crippen LogP contribution >= 0.6 is 0 Å². The maximum atomic E-state index is 10.3. The molecule has 1 heterocycles. The Kier molecular flexibility index (Phi) is 1.09. The zero-order valence-corrected chi connectivity index (χ0v) is 6.86. The fourth-order valence-corrected chi connectivity index (χ4v) is 2.61. The molecule has 0 aromatic carbocycles. The van der Waals surface area contributed by atoms with E-state index < -0.39 is 5.60 Å². The molecule has 0 bridgehead atoms. The minimum absolute atomic E-state index is 0.523. The van der Waals surface area contributed by atoms with Crippen LogP contribution in [-0.4, -0.2) is 5.11 Å². The van der Waals surface area contributed by atoms with Crippen molar-refractivity contribution in [2.75, 3.05) is 0 Å². The predicted molar refractivity (Wildman–Crippen MR) is 43.4 cm³/mol. The van der Waals surface area contributed by atoms with E-state index in [4.69, 9.17) is 4.42 Å². The van der Waals surface area contributed by atoms with E-state index in [0.29, 0.717) is 5.92 Å². The molecule has 2 saturated carbocycles. The number of aliphatic hydroxyl groups is 1. The molecule has 1 N–H and O–H groups in total. The zero-order chi connectivity index (χ0) is 8.18. The average molecular weight is 164 g/mol. The Morgan fingerprint density at radius 3 is 3.00 bits per heavy atom. The van der Waals surface area contributed by atoms with Crippen LogP contribution in [0.3, 0.4) is 0 Å². The van der Waals surface area contributed by atoms with Crippen LogP contribution in [0.4, 0.5) is 0 Å². The second kappa shape index (κ2) is 1.94. The summed E-state index contributed by atoms with van der Waals surface area (Å²) in [6.45, 7) is 0.